The van der Waals surface area contributed by atoms with E-state index in [9.17, 15) is 5.11 Å². The van der Waals surface area contributed by atoms with Gasteiger partial charge in [0.15, 0.2) is 0 Å². The van der Waals surface area contributed by atoms with Crippen molar-refractivity contribution in [2.45, 2.75) is 52.6 Å². The molecule has 0 unspecified atom stereocenters. The molecule has 3 atom stereocenters. The van der Waals surface area contributed by atoms with Crippen LogP contribution in [0.2, 0.25) is 0 Å². The van der Waals surface area contributed by atoms with E-state index in [1.54, 1.807) is 0 Å². The van der Waals surface area contributed by atoms with Crippen molar-refractivity contribution in [1.29, 1.82) is 0 Å². The number of hydrogen-bond donors (Lipinski definition) is 2. The third-order valence-electron chi connectivity index (χ3n) is 3.67. The zero-order valence-corrected chi connectivity index (χ0v) is 9.66. The van der Waals surface area contributed by atoms with E-state index in [1.165, 1.54) is 0 Å². The molecule has 14 heavy (non-hydrogen) atoms. The third kappa shape index (κ3) is 2.96. The SMILES string of the molecule is CC(C)(C)[C@H]1CC[C@H](O)[C@@H](CCO)C1. The zero-order chi connectivity index (χ0) is 10.8. The summed E-state index contributed by atoms with van der Waals surface area (Å²) < 4.78 is 0. The van der Waals surface area contributed by atoms with Crippen molar-refractivity contribution in [2.24, 2.45) is 17.3 Å². The zero-order valence-electron chi connectivity index (χ0n) is 9.66. The maximum atomic E-state index is 9.77. The minimum Gasteiger partial charge on any atom is -0.396 e. The molecule has 0 amide bonds. The van der Waals surface area contributed by atoms with Gasteiger partial charge < -0.3 is 10.2 Å². The van der Waals surface area contributed by atoms with E-state index in [1.807, 2.05) is 0 Å². The van der Waals surface area contributed by atoms with E-state index in [-0.39, 0.29) is 12.7 Å². The standard InChI is InChI=1S/C12H24O2/c1-12(2,3)10-4-5-11(14)9(8-10)6-7-13/h9-11,13-14H,4-8H2,1-3H3/t9-,10-,11-/m0/s1. The van der Waals surface area contributed by atoms with Crippen molar-refractivity contribution in [3.63, 3.8) is 0 Å². The average Bonchev–Trinajstić information content (AvgIpc) is 2.07. The fourth-order valence-electron chi connectivity index (χ4n) is 2.51. The second-order valence-electron chi connectivity index (χ2n) is 5.72. The van der Waals surface area contributed by atoms with Crippen molar-refractivity contribution in [3.8, 4) is 0 Å². The number of aliphatic hydroxyl groups is 2. The summed E-state index contributed by atoms with van der Waals surface area (Å²) in [5.74, 6) is 1.01. The second-order valence-corrected chi connectivity index (χ2v) is 5.72. The van der Waals surface area contributed by atoms with Gasteiger partial charge in [-0.05, 0) is 42.9 Å². The molecule has 0 spiro atoms. The molecular weight excluding hydrogens is 176 g/mol. The molecule has 1 aliphatic rings. The summed E-state index contributed by atoms with van der Waals surface area (Å²) in [6.45, 7) is 7.01. The van der Waals surface area contributed by atoms with Gasteiger partial charge in [0.2, 0.25) is 0 Å². The van der Waals surface area contributed by atoms with Gasteiger partial charge in [-0.25, -0.2) is 0 Å². The molecule has 0 aromatic carbocycles. The van der Waals surface area contributed by atoms with Crippen molar-refractivity contribution in [2.75, 3.05) is 6.61 Å². The topological polar surface area (TPSA) is 40.5 Å². The Morgan fingerprint density at radius 1 is 1.21 bits per heavy atom. The molecule has 0 radical (unpaired) electrons. The molecule has 1 rings (SSSR count). The van der Waals surface area contributed by atoms with Gasteiger partial charge in [0.25, 0.3) is 0 Å². The monoisotopic (exact) mass is 200 g/mol. The third-order valence-corrected chi connectivity index (χ3v) is 3.67. The first-order valence-corrected chi connectivity index (χ1v) is 5.74. The Balaban J connectivity index is 2.53. The summed E-state index contributed by atoms with van der Waals surface area (Å²) in [5.41, 5.74) is 0.341. The van der Waals surface area contributed by atoms with Crippen LogP contribution in [0.1, 0.15) is 46.5 Å². The Morgan fingerprint density at radius 2 is 1.86 bits per heavy atom. The minimum absolute atomic E-state index is 0.180. The molecule has 1 aliphatic carbocycles. The van der Waals surface area contributed by atoms with E-state index >= 15 is 0 Å². The largest absolute Gasteiger partial charge is 0.396 e. The smallest absolute Gasteiger partial charge is 0.0569 e. The van der Waals surface area contributed by atoms with Gasteiger partial charge in [-0.1, -0.05) is 20.8 Å². The molecule has 0 aliphatic heterocycles. The second kappa shape index (κ2) is 4.63. The molecule has 0 heterocycles. The molecule has 1 saturated carbocycles. The maximum absolute atomic E-state index is 9.77. The van der Waals surface area contributed by atoms with E-state index in [2.05, 4.69) is 20.8 Å². The van der Waals surface area contributed by atoms with Gasteiger partial charge in [-0.15, -0.1) is 0 Å². The lowest BCUT2D eigenvalue weighted by atomic mass is 9.67. The number of aliphatic hydroxyl groups excluding tert-OH is 2. The Hall–Kier alpha value is -0.0800. The summed E-state index contributed by atoms with van der Waals surface area (Å²) in [6, 6.07) is 0. The molecule has 0 bridgehead atoms. The van der Waals surface area contributed by atoms with Crippen LogP contribution in [0.25, 0.3) is 0 Å². The first-order valence-electron chi connectivity index (χ1n) is 5.74. The summed E-state index contributed by atoms with van der Waals surface area (Å²) in [7, 11) is 0. The molecule has 0 aromatic heterocycles. The van der Waals surface area contributed by atoms with Crippen molar-refractivity contribution >= 4 is 0 Å². The molecule has 2 heteroatoms. The van der Waals surface area contributed by atoms with Gasteiger partial charge in [0, 0.05) is 6.61 Å². The van der Waals surface area contributed by atoms with Gasteiger partial charge in [0.1, 0.15) is 0 Å². The van der Waals surface area contributed by atoms with Crippen molar-refractivity contribution in [1.82, 2.24) is 0 Å². The van der Waals surface area contributed by atoms with Gasteiger partial charge >= 0.3 is 0 Å². The van der Waals surface area contributed by atoms with Crippen LogP contribution in [0, 0.1) is 17.3 Å². The summed E-state index contributed by atoms with van der Waals surface area (Å²) in [4.78, 5) is 0. The van der Waals surface area contributed by atoms with E-state index in [0.29, 0.717) is 17.3 Å². The van der Waals surface area contributed by atoms with E-state index in [4.69, 9.17) is 5.11 Å². The maximum Gasteiger partial charge on any atom is 0.0569 e. The lowest BCUT2D eigenvalue weighted by molar-refractivity contribution is 0.00907. The summed E-state index contributed by atoms with van der Waals surface area (Å²) in [6.07, 6.45) is 3.69. The molecule has 1 fully saturated rings. The van der Waals surface area contributed by atoms with E-state index < -0.39 is 0 Å². The fraction of sp³-hybridized carbons (Fsp3) is 1.00. The molecule has 2 nitrogen and oxygen atoms in total. The van der Waals surface area contributed by atoms with Gasteiger partial charge in [-0.2, -0.15) is 0 Å². The van der Waals surface area contributed by atoms with Crippen LogP contribution in [-0.4, -0.2) is 22.9 Å². The lowest BCUT2D eigenvalue weighted by Crippen LogP contribution is -2.35. The molecule has 2 N–H and O–H groups in total. The highest BCUT2D eigenvalue weighted by Gasteiger charge is 2.34. The van der Waals surface area contributed by atoms with Crippen LogP contribution in [0.15, 0.2) is 0 Å². The van der Waals surface area contributed by atoms with Crippen LogP contribution in [0.5, 0.6) is 0 Å². The van der Waals surface area contributed by atoms with Crippen LogP contribution < -0.4 is 0 Å². The lowest BCUT2D eigenvalue weighted by Gasteiger charge is -2.40. The highest BCUT2D eigenvalue weighted by molar-refractivity contribution is 4.85. The molecular formula is C12H24O2. The van der Waals surface area contributed by atoms with Crippen LogP contribution >= 0.6 is 0 Å². The Bertz CT molecular complexity index is 172. The van der Waals surface area contributed by atoms with Crippen LogP contribution in [0.3, 0.4) is 0 Å². The number of rotatable bonds is 2. The first kappa shape index (κ1) is 12.0. The predicted octanol–water partition coefficient (Wildman–Crippen LogP) is 2.19. The van der Waals surface area contributed by atoms with E-state index in [0.717, 1.165) is 25.7 Å². The van der Waals surface area contributed by atoms with Crippen LogP contribution in [-0.2, 0) is 0 Å². The van der Waals surface area contributed by atoms with Gasteiger partial charge in [-0.3, -0.25) is 0 Å². The van der Waals surface area contributed by atoms with Crippen molar-refractivity contribution in [3.05, 3.63) is 0 Å². The Labute approximate surface area is 87.3 Å². The summed E-state index contributed by atoms with van der Waals surface area (Å²) in [5, 5.41) is 18.7. The quantitative estimate of drug-likeness (QED) is 0.717. The van der Waals surface area contributed by atoms with Crippen LogP contribution in [0.4, 0.5) is 0 Å². The average molecular weight is 200 g/mol. The summed E-state index contributed by atoms with van der Waals surface area (Å²) >= 11 is 0. The van der Waals surface area contributed by atoms with Crippen molar-refractivity contribution < 1.29 is 10.2 Å². The Morgan fingerprint density at radius 3 is 2.36 bits per heavy atom. The first-order chi connectivity index (χ1) is 6.45. The fourth-order valence-corrected chi connectivity index (χ4v) is 2.51. The normalized spacial score (nSPS) is 34.5. The minimum atomic E-state index is -0.180. The highest BCUT2D eigenvalue weighted by Crippen LogP contribution is 2.41. The van der Waals surface area contributed by atoms with Gasteiger partial charge in [0.05, 0.1) is 6.10 Å². The number of hydrogen-bond acceptors (Lipinski definition) is 2. The Kier molecular flexibility index (Phi) is 3.96. The molecule has 0 aromatic rings. The highest BCUT2D eigenvalue weighted by atomic mass is 16.3. The molecule has 0 saturated heterocycles. The predicted molar refractivity (Wildman–Crippen MR) is 58.0 cm³/mol. The molecule has 84 valence electrons.